The molecule has 206 valence electrons. The van der Waals surface area contributed by atoms with E-state index in [1.54, 1.807) is 0 Å². The van der Waals surface area contributed by atoms with E-state index in [4.69, 9.17) is 0 Å². The minimum absolute atomic E-state index is 0.113. The van der Waals surface area contributed by atoms with E-state index in [2.05, 4.69) is 30.4 Å². The van der Waals surface area contributed by atoms with Crippen LogP contribution in [0.2, 0.25) is 0 Å². The average Bonchev–Trinajstić information content (AvgIpc) is 2.73. The van der Waals surface area contributed by atoms with Gasteiger partial charge >= 0.3 is 0 Å². The van der Waals surface area contributed by atoms with Gasteiger partial charge in [0.2, 0.25) is 0 Å². The summed E-state index contributed by atoms with van der Waals surface area (Å²) < 4.78 is 0. The molecular weight excluding hydrogens is 456 g/mol. The summed E-state index contributed by atoms with van der Waals surface area (Å²) in [5.74, 6) is 0.115. The molecule has 4 aliphatic rings. The van der Waals surface area contributed by atoms with E-state index in [1.165, 1.54) is 0 Å². The number of nitrogens with one attached hydrogen (secondary N) is 1. The summed E-state index contributed by atoms with van der Waals surface area (Å²) in [6.45, 7) is 8.91. The van der Waals surface area contributed by atoms with Crippen LogP contribution >= 0.6 is 0 Å². The molecule has 4 rings (SSSR count). The molecule has 12 atom stereocenters. The summed E-state index contributed by atoms with van der Waals surface area (Å²) in [7, 11) is 4.16. The third-order valence-corrected chi connectivity index (χ3v) is 9.70. The fourth-order valence-electron chi connectivity index (χ4n) is 8.32. The molecule has 0 spiro atoms. The Kier molecular flexibility index (Phi) is 8.31. The molecule has 0 aromatic heterocycles. The Bertz CT molecular complexity index is 836. The molecule has 4 aliphatic carbocycles. The molecule has 0 aromatic carbocycles. The number of fused-ring (bicyclic) bond motifs is 3. The van der Waals surface area contributed by atoms with Crippen LogP contribution < -0.4 is 5.32 Å². The molecule has 36 heavy (non-hydrogen) atoms. The maximum absolute atomic E-state index is 11.7. The van der Waals surface area contributed by atoms with Crippen LogP contribution in [0.3, 0.4) is 0 Å². The highest BCUT2D eigenvalue weighted by molar-refractivity contribution is 5.24. The molecule has 0 aliphatic heterocycles. The van der Waals surface area contributed by atoms with Crippen LogP contribution in [-0.2, 0) is 0 Å². The van der Waals surface area contributed by atoms with Crippen molar-refractivity contribution in [2.45, 2.75) is 89.9 Å². The summed E-state index contributed by atoms with van der Waals surface area (Å²) in [4.78, 5) is 2.19. The molecule has 0 aromatic rings. The summed E-state index contributed by atoms with van der Waals surface area (Å²) in [5.41, 5.74) is 0.232. The number of allylic oxidation sites excluding steroid dienone is 2. The molecule has 6 N–H and O–H groups in total. The van der Waals surface area contributed by atoms with Crippen molar-refractivity contribution in [3.05, 3.63) is 23.5 Å². The van der Waals surface area contributed by atoms with E-state index in [0.717, 1.165) is 32.2 Å². The summed E-state index contributed by atoms with van der Waals surface area (Å²) in [6, 6.07) is 0. The largest absolute Gasteiger partial charge is 0.512 e. The predicted octanol–water partition coefficient (Wildman–Crippen LogP) is 2.66. The van der Waals surface area contributed by atoms with Gasteiger partial charge in [-0.25, -0.2) is 0 Å². The Morgan fingerprint density at radius 1 is 1.00 bits per heavy atom. The third-order valence-electron chi connectivity index (χ3n) is 9.70. The molecule has 0 heterocycles. The van der Waals surface area contributed by atoms with Gasteiger partial charge in [-0.1, -0.05) is 19.1 Å². The second kappa shape index (κ2) is 10.7. The molecule has 0 radical (unpaired) electrons. The minimum atomic E-state index is -0.986. The van der Waals surface area contributed by atoms with Gasteiger partial charge in [0.1, 0.15) is 6.23 Å². The third kappa shape index (κ3) is 5.43. The molecule has 10 unspecified atom stereocenters. The van der Waals surface area contributed by atoms with Crippen LogP contribution in [0.1, 0.15) is 59.8 Å². The van der Waals surface area contributed by atoms with Gasteiger partial charge in [-0.3, -0.25) is 5.32 Å². The van der Waals surface area contributed by atoms with Crippen molar-refractivity contribution in [1.82, 2.24) is 10.2 Å². The molecule has 7 nitrogen and oxygen atoms in total. The van der Waals surface area contributed by atoms with Crippen molar-refractivity contribution in [3.8, 4) is 0 Å². The smallest absolute Gasteiger partial charge is 0.131 e. The zero-order chi connectivity index (χ0) is 26.5. The van der Waals surface area contributed by atoms with E-state index in [1.807, 2.05) is 33.8 Å². The van der Waals surface area contributed by atoms with E-state index in [0.29, 0.717) is 17.9 Å². The van der Waals surface area contributed by atoms with Gasteiger partial charge in [0, 0.05) is 29.4 Å². The van der Waals surface area contributed by atoms with Gasteiger partial charge in [-0.2, -0.15) is 0 Å². The fraction of sp³-hybridized carbons (Fsp3) is 0.862. The molecule has 2 saturated carbocycles. The SMILES string of the molecule is C[C@@H]1C(C(O)NC(C)(C)C)=C(O)C[C@@H]2CC3CC4C(CCCN(C)C)C=CC(O)C4C(O)C3C(O)C21. The summed E-state index contributed by atoms with van der Waals surface area (Å²) in [5, 5.41) is 59.4. The van der Waals surface area contributed by atoms with Gasteiger partial charge in [0.15, 0.2) is 0 Å². The number of hydrogen-bond donors (Lipinski definition) is 6. The summed E-state index contributed by atoms with van der Waals surface area (Å²) >= 11 is 0. The van der Waals surface area contributed by atoms with Gasteiger partial charge in [0.25, 0.3) is 0 Å². The van der Waals surface area contributed by atoms with Crippen LogP contribution in [0.5, 0.6) is 0 Å². The normalized spacial score (nSPS) is 43.7. The second-order valence-corrected chi connectivity index (χ2v) is 13.5. The van der Waals surface area contributed by atoms with Crippen LogP contribution in [0.4, 0.5) is 0 Å². The Morgan fingerprint density at radius 3 is 2.31 bits per heavy atom. The van der Waals surface area contributed by atoms with Gasteiger partial charge in [-0.05, 0) is 103 Å². The average molecular weight is 507 g/mol. The summed E-state index contributed by atoms with van der Waals surface area (Å²) in [6.07, 6.45) is 5.12. The highest BCUT2D eigenvalue weighted by Gasteiger charge is 2.58. The van der Waals surface area contributed by atoms with Gasteiger partial charge < -0.3 is 30.4 Å². The van der Waals surface area contributed by atoms with Crippen molar-refractivity contribution in [2.24, 2.45) is 47.3 Å². The number of nitrogens with zero attached hydrogens (tertiary/aromatic N) is 1. The molecule has 0 saturated heterocycles. The van der Waals surface area contributed by atoms with E-state index >= 15 is 0 Å². The highest BCUT2D eigenvalue weighted by atomic mass is 16.3. The quantitative estimate of drug-likeness (QED) is 0.242. The lowest BCUT2D eigenvalue weighted by Gasteiger charge is -2.58. The van der Waals surface area contributed by atoms with Crippen LogP contribution in [-0.4, -0.2) is 81.2 Å². The van der Waals surface area contributed by atoms with Gasteiger partial charge in [0.05, 0.1) is 24.1 Å². The van der Waals surface area contributed by atoms with Crippen LogP contribution in [0.15, 0.2) is 23.5 Å². The topological polar surface area (TPSA) is 116 Å². The Balaban J connectivity index is 1.56. The number of rotatable bonds is 6. The first-order chi connectivity index (χ1) is 16.8. The lowest BCUT2D eigenvalue weighted by atomic mass is 9.50. The number of aliphatic hydroxyl groups is 5. The molecule has 0 amide bonds. The molecule has 0 bridgehead atoms. The second-order valence-electron chi connectivity index (χ2n) is 13.5. The van der Waals surface area contributed by atoms with Gasteiger partial charge in [-0.15, -0.1) is 0 Å². The molecular formula is C29H50N2O5. The Morgan fingerprint density at radius 2 is 1.67 bits per heavy atom. The number of hydrogen-bond acceptors (Lipinski definition) is 7. The maximum Gasteiger partial charge on any atom is 0.131 e. The standard InChI is InChI=1S/C29H50N2O5/c1-15-22-18(14-21(33)23(15)28(36)30-29(2,3)4)12-17-13-19-16(8-7-11-31(5)6)9-10-20(32)25(19)27(35)24(17)26(22)34/h9-10,15-20,22,24-28,30,32-36H,7-8,11-14H2,1-6H3/t15-,16?,17?,18-,19?,20?,22?,24?,25?,26?,27?,28?/m0/s1. The van der Waals surface area contributed by atoms with Crippen molar-refractivity contribution >= 4 is 0 Å². The van der Waals surface area contributed by atoms with Crippen LogP contribution in [0, 0.1) is 47.3 Å². The van der Waals surface area contributed by atoms with Crippen molar-refractivity contribution in [3.63, 3.8) is 0 Å². The first kappa shape index (κ1) is 28.1. The maximum atomic E-state index is 11.7. The van der Waals surface area contributed by atoms with Crippen molar-refractivity contribution in [1.29, 1.82) is 0 Å². The van der Waals surface area contributed by atoms with E-state index < -0.39 is 24.5 Å². The lowest BCUT2D eigenvalue weighted by Crippen LogP contribution is -2.61. The number of aliphatic hydroxyl groups excluding tert-OH is 5. The predicted molar refractivity (Wildman–Crippen MR) is 141 cm³/mol. The minimum Gasteiger partial charge on any atom is -0.512 e. The Hall–Kier alpha value is -0.960. The zero-order valence-corrected chi connectivity index (χ0v) is 23.0. The fourth-order valence-corrected chi connectivity index (χ4v) is 8.32. The zero-order valence-electron chi connectivity index (χ0n) is 23.0. The molecule has 7 heteroatoms. The van der Waals surface area contributed by atoms with E-state index in [9.17, 15) is 25.5 Å². The first-order valence-corrected chi connectivity index (χ1v) is 14.0. The van der Waals surface area contributed by atoms with Crippen LogP contribution in [0.25, 0.3) is 0 Å². The highest BCUT2D eigenvalue weighted by Crippen LogP contribution is 2.57. The first-order valence-electron chi connectivity index (χ1n) is 14.0. The van der Waals surface area contributed by atoms with Crippen molar-refractivity contribution < 1.29 is 25.5 Å². The van der Waals surface area contributed by atoms with Crippen molar-refractivity contribution in [2.75, 3.05) is 20.6 Å². The lowest BCUT2D eigenvalue weighted by molar-refractivity contribution is -0.177. The Labute approximate surface area is 217 Å². The van der Waals surface area contributed by atoms with E-state index in [-0.39, 0.29) is 52.7 Å². The monoisotopic (exact) mass is 506 g/mol. The molecule has 2 fully saturated rings.